The number of anilines is 3. The number of nitrogens with zero attached hydrogens (tertiary/aromatic N) is 5. The Hall–Kier alpha value is -4.21. The highest BCUT2D eigenvalue weighted by molar-refractivity contribution is 7.99. The van der Waals surface area contributed by atoms with E-state index in [2.05, 4.69) is 31.3 Å². The number of hydrogen-bond acceptors (Lipinski definition) is 11. The van der Waals surface area contributed by atoms with E-state index in [0.717, 1.165) is 0 Å². The number of carbonyl (C=O) groups excluding carboxylic acids is 1. The molecule has 0 fully saturated rings. The van der Waals surface area contributed by atoms with Gasteiger partial charge in [-0.2, -0.15) is 21.9 Å². The average molecular weight is 597 g/mol. The lowest BCUT2D eigenvalue weighted by atomic mass is 9.99. The Morgan fingerprint density at radius 2 is 1.82 bits per heavy atom. The number of rotatable bonds is 9. The quantitative estimate of drug-likeness (QED) is 0.232. The summed E-state index contributed by atoms with van der Waals surface area (Å²) in [6, 6.07) is 14.3. The van der Waals surface area contributed by atoms with Crippen LogP contribution < -0.4 is 15.8 Å². The molecule has 4 N–H and O–H groups in total. The van der Waals surface area contributed by atoms with Crippen molar-refractivity contribution in [3.8, 4) is 23.3 Å². The number of aromatic nitrogens is 3. The molecule has 0 bridgehead atoms. The van der Waals surface area contributed by atoms with Crippen LogP contribution in [0.3, 0.4) is 0 Å². The van der Waals surface area contributed by atoms with Gasteiger partial charge in [0, 0.05) is 23.4 Å². The van der Waals surface area contributed by atoms with Crippen LogP contribution in [-0.4, -0.2) is 35.3 Å². The molecule has 15 heteroatoms. The number of nitrogen functional groups attached to an aromatic ring is 1. The van der Waals surface area contributed by atoms with E-state index >= 15 is 0 Å². The van der Waals surface area contributed by atoms with Crippen LogP contribution in [0.2, 0.25) is 5.15 Å². The summed E-state index contributed by atoms with van der Waals surface area (Å²) in [5.41, 5.74) is 7.87. The molecule has 0 aliphatic rings. The highest BCUT2D eigenvalue weighted by atomic mass is 35.5. The Kier molecular flexibility index (Phi) is 8.63. The first kappa shape index (κ1) is 27.8. The van der Waals surface area contributed by atoms with E-state index in [9.17, 15) is 23.7 Å². The summed E-state index contributed by atoms with van der Waals surface area (Å²) < 4.78 is 27.4. The largest absolute Gasteiger partial charge is 0.383 e. The molecule has 3 aromatic heterocycles. The maximum atomic E-state index is 12.6. The van der Waals surface area contributed by atoms with Crippen LogP contribution in [0.4, 0.5) is 17.3 Å². The number of nitriles is 2. The van der Waals surface area contributed by atoms with Gasteiger partial charge in [-0.15, -0.1) is 22.0 Å². The lowest BCUT2D eigenvalue weighted by molar-refractivity contribution is -0.115. The zero-order chi connectivity index (χ0) is 28.0. The molecular weight excluding hydrogens is 580 g/mol. The first-order valence-corrected chi connectivity index (χ1v) is 14.7. The number of amides is 1. The third kappa shape index (κ3) is 6.63. The Morgan fingerprint density at radius 1 is 1.08 bits per heavy atom. The standard InChI is InChI=1S/C24H17ClN8O3S3/c25-19-5-6-20(32-31-19)33-39(35,36)16-3-1-15(2-4-16)29-21(34)8-10-38-24-18(12-27)22(14-7-9-37-13-14)17(11-26)23(28)30-24/h1-7,9,13H,8,10H2,(H2,28,30)(H,29,34)(H,32,33). The molecule has 0 unspecified atom stereocenters. The molecule has 0 aliphatic carbocycles. The van der Waals surface area contributed by atoms with Crippen molar-refractivity contribution in [1.82, 2.24) is 15.2 Å². The molecular formula is C24H17ClN8O3S3. The van der Waals surface area contributed by atoms with Gasteiger partial charge < -0.3 is 11.1 Å². The van der Waals surface area contributed by atoms with Gasteiger partial charge in [0.05, 0.1) is 10.5 Å². The van der Waals surface area contributed by atoms with Crippen molar-refractivity contribution in [2.24, 2.45) is 0 Å². The molecule has 4 rings (SSSR count). The summed E-state index contributed by atoms with van der Waals surface area (Å²) in [6.45, 7) is 0. The van der Waals surface area contributed by atoms with E-state index in [-0.39, 0.29) is 50.9 Å². The number of halogens is 1. The molecule has 0 aliphatic heterocycles. The Balaban J connectivity index is 1.39. The number of thioether (sulfide) groups is 1. The zero-order valence-corrected chi connectivity index (χ0v) is 23.0. The summed E-state index contributed by atoms with van der Waals surface area (Å²) >= 11 is 8.26. The van der Waals surface area contributed by atoms with E-state index in [4.69, 9.17) is 17.3 Å². The fourth-order valence-corrected chi connectivity index (χ4v) is 6.03. The number of nitrogens with two attached hydrogens (primary N) is 1. The van der Waals surface area contributed by atoms with Crippen LogP contribution in [0.1, 0.15) is 17.5 Å². The molecule has 0 atom stereocenters. The molecule has 1 aromatic carbocycles. The molecule has 196 valence electrons. The van der Waals surface area contributed by atoms with Crippen LogP contribution in [-0.2, 0) is 14.8 Å². The number of carbonyl (C=O) groups is 1. The topological polar surface area (TPSA) is 188 Å². The smallest absolute Gasteiger partial charge is 0.263 e. The van der Waals surface area contributed by atoms with Crippen LogP contribution in [0, 0.1) is 22.7 Å². The SMILES string of the molecule is N#Cc1c(N)nc(SCCC(=O)Nc2ccc(S(=O)(=O)Nc3ccc(Cl)nn3)cc2)c(C#N)c1-c1ccsc1. The third-order valence-electron chi connectivity index (χ3n) is 5.11. The molecule has 11 nitrogen and oxygen atoms in total. The third-order valence-corrected chi connectivity index (χ3v) is 8.35. The number of nitrogens with one attached hydrogen (secondary N) is 2. The molecule has 0 saturated heterocycles. The summed E-state index contributed by atoms with van der Waals surface area (Å²) in [4.78, 5) is 16.7. The molecule has 0 radical (unpaired) electrons. The summed E-state index contributed by atoms with van der Waals surface area (Å²) in [5, 5.41) is 33.4. The van der Waals surface area contributed by atoms with Crippen molar-refractivity contribution in [2.45, 2.75) is 16.3 Å². The van der Waals surface area contributed by atoms with E-state index in [1.807, 2.05) is 16.8 Å². The minimum Gasteiger partial charge on any atom is -0.383 e. The van der Waals surface area contributed by atoms with Gasteiger partial charge >= 0.3 is 0 Å². The second-order valence-corrected chi connectivity index (χ2v) is 11.6. The predicted octanol–water partition coefficient (Wildman–Crippen LogP) is 4.50. The van der Waals surface area contributed by atoms with Crippen LogP contribution in [0.15, 0.2) is 63.1 Å². The lowest BCUT2D eigenvalue weighted by Gasteiger charge is -2.12. The fraction of sp³-hybridized carbons (Fsp3) is 0.0833. The second-order valence-electron chi connectivity index (χ2n) is 7.68. The van der Waals surface area contributed by atoms with Crippen molar-refractivity contribution in [2.75, 3.05) is 21.5 Å². The number of hydrogen-bond donors (Lipinski definition) is 3. The Labute approximate surface area is 236 Å². The van der Waals surface area contributed by atoms with Gasteiger partial charge in [0.15, 0.2) is 11.0 Å². The summed E-state index contributed by atoms with van der Waals surface area (Å²) in [7, 11) is -3.93. The van der Waals surface area contributed by atoms with Crippen molar-refractivity contribution in [1.29, 1.82) is 10.5 Å². The van der Waals surface area contributed by atoms with Crippen LogP contribution in [0.5, 0.6) is 0 Å². The van der Waals surface area contributed by atoms with Crippen LogP contribution in [0.25, 0.3) is 11.1 Å². The molecule has 4 aromatic rings. The fourth-order valence-electron chi connectivity index (χ4n) is 3.35. The molecule has 1 amide bonds. The highest BCUT2D eigenvalue weighted by Gasteiger charge is 2.21. The predicted molar refractivity (Wildman–Crippen MR) is 150 cm³/mol. The van der Waals surface area contributed by atoms with E-state index < -0.39 is 10.0 Å². The number of sulfonamides is 1. The summed E-state index contributed by atoms with van der Waals surface area (Å²) in [6.07, 6.45) is 0.0712. The average Bonchev–Trinajstić information content (AvgIpc) is 3.44. The maximum Gasteiger partial charge on any atom is 0.263 e. The molecule has 39 heavy (non-hydrogen) atoms. The van der Waals surface area contributed by atoms with Gasteiger partial charge in [-0.25, -0.2) is 13.4 Å². The first-order chi connectivity index (χ1) is 18.7. The zero-order valence-electron chi connectivity index (χ0n) is 19.8. The maximum absolute atomic E-state index is 12.6. The number of pyridine rings is 1. The normalized spacial score (nSPS) is 10.8. The van der Waals surface area contributed by atoms with Crippen molar-refractivity contribution >= 4 is 68.0 Å². The van der Waals surface area contributed by atoms with Gasteiger partial charge in [-0.3, -0.25) is 9.52 Å². The van der Waals surface area contributed by atoms with Gasteiger partial charge in [-0.05, 0) is 58.8 Å². The van der Waals surface area contributed by atoms with Gasteiger partial charge in [0.1, 0.15) is 28.5 Å². The monoisotopic (exact) mass is 596 g/mol. The van der Waals surface area contributed by atoms with Gasteiger partial charge in [0.25, 0.3) is 10.0 Å². The minimum absolute atomic E-state index is 0.00906. The van der Waals surface area contributed by atoms with E-state index in [1.54, 1.807) is 6.07 Å². The van der Waals surface area contributed by atoms with Crippen molar-refractivity contribution in [3.63, 3.8) is 0 Å². The minimum atomic E-state index is -3.93. The lowest BCUT2D eigenvalue weighted by Crippen LogP contribution is -2.15. The van der Waals surface area contributed by atoms with Gasteiger partial charge in [-0.1, -0.05) is 11.6 Å². The van der Waals surface area contributed by atoms with Gasteiger partial charge in [0.2, 0.25) is 5.91 Å². The molecule has 3 heterocycles. The Morgan fingerprint density at radius 3 is 2.44 bits per heavy atom. The molecule has 0 saturated carbocycles. The van der Waals surface area contributed by atoms with Crippen LogP contribution >= 0.6 is 34.7 Å². The van der Waals surface area contributed by atoms with Crippen molar-refractivity contribution in [3.05, 3.63) is 69.5 Å². The summed E-state index contributed by atoms with van der Waals surface area (Å²) in [5.74, 6) is -0.0293. The highest BCUT2D eigenvalue weighted by Crippen LogP contribution is 2.36. The molecule has 0 spiro atoms. The number of thiophene rings is 1. The van der Waals surface area contributed by atoms with E-state index in [0.29, 0.717) is 21.8 Å². The second kappa shape index (κ2) is 12.1. The van der Waals surface area contributed by atoms with E-state index in [1.165, 1.54) is 59.5 Å². The number of benzene rings is 1. The van der Waals surface area contributed by atoms with Crippen molar-refractivity contribution < 1.29 is 13.2 Å². The Bertz CT molecular complexity index is 1700. The first-order valence-electron chi connectivity index (χ1n) is 10.9.